The zero-order chi connectivity index (χ0) is 16.5. The van der Waals surface area contributed by atoms with Gasteiger partial charge in [0.25, 0.3) is 0 Å². The number of amides is 1. The van der Waals surface area contributed by atoms with Crippen LogP contribution in [0.3, 0.4) is 0 Å². The number of nitrogens with zero attached hydrogens (tertiary/aromatic N) is 4. The van der Waals surface area contributed by atoms with E-state index in [4.69, 9.17) is 4.52 Å². The van der Waals surface area contributed by atoms with Crippen molar-refractivity contribution in [1.29, 1.82) is 0 Å². The zero-order valence-electron chi connectivity index (χ0n) is 14.6. The Bertz CT molecular complexity index is 583. The van der Waals surface area contributed by atoms with Gasteiger partial charge >= 0.3 is 0 Å². The van der Waals surface area contributed by atoms with Crippen molar-refractivity contribution in [3.05, 3.63) is 11.7 Å². The molecule has 4 rings (SSSR count). The van der Waals surface area contributed by atoms with Crippen molar-refractivity contribution in [3.8, 4) is 0 Å². The van der Waals surface area contributed by atoms with Gasteiger partial charge in [0.15, 0.2) is 5.82 Å². The van der Waals surface area contributed by atoms with Gasteiger partial charge in [-0.3, -0.25) is 4.79 Å². The van der Waals surface area contributed by atoms with Crippen molar-refractivity contribution in [2.45, 2.75) is 50.9 Å². The van der Waals surface area contributed by atoms with E-state index >= 15 is 0 Å². The van der Waals surface area contributed by atoms with Crippen LogP contribution in [0, 0.1) is 11.8 Å². The molecule has 2 aliphatic heterocycles. The number of piperidine rings is 2. The molecule has 1 saturated carbocycles. The lowest BCUT2D eigenvalue weighted by molar-refractivity contribution is -0.139. The summed E-state index contributed by atoms with van der Waals surface area (Å²) in [5, 5.41) is 4.11. The molecule has 132 valence electrons. The predicted octanol–water partition coefficient (Wildman–Crippen LogP) is 2.07. The average Bonchev–Trinajstić information content (AvgIpc) is 3.34. The number of carbonyl (C=O) groups is 1. The quantitative estimate of drug-likeness (QED) is 0.845. The number of carbonyl (C=O) groups excluding carboxylic acids is 1. The minimum Gasteiger partial charge on any atom is -0.342 e. The SMILES string of the molecule is CN1CCCC(C(=O)N2CCCC(Cc3nc(C4CC4)no3)C2)C1. The third-order valence-corrected chi connectivity index (χ3v) is 5.69. The molecule has 0 spiro atoms. The minimum atomic E-state index is 0.187. The normalized spacial score (nSPS) is 29.0. The van der Waals surface area contributed by atoms with Crippen molar-refractivity contribution in [3.63, 3.8) is 0 Å². The van der Waals surface area contributed by atoms with E-state index in [2.05, 4.69) is 27.0 Å². The highest BCUT2D eigenvalue weighted by Gasteiger charge is 2.32. The molecule has 2 atom stereocenters. The van der Waals surface area contributed by atoms with Gasteiger partial charge in [0.05, 0.1) is 5.92 Å². The molecule has 0 bridgehead atoms. The van der Waals surface area contributed by atoms with Crippen LogP contribution in [0.2, 0.25) is 0 Å². The maximum Gasteiger partial charge on any atom is 0.226 e. The molecule has 6 nitrogen and oxygen atoms in total. The highest BCUT2D eigenvalue weighted by Crippen LogP contribution is 2.38. The van der Waals surface area contributed by atoms with Crippen LogP contribution in [-0.4, -0.2) is 59.1 Å². The molecule has 3 fully saturated rings. The van der Waals surface area contributed by atoms with Crippen molar-refractivity contribution in [2.75, 3.05) is 33.2 Å². The third-order valence-electron chi connectivity index (χ3n) is 5.69. The maximum atomic E-state index is 12.8. The fraction of sp³-hybridized carbons (Fsp3) is 0.833. The third kappa shape index (κ3) is 3.63. The van der Waals surface area contributed by atoms with Crippen molar-refractivity contribution < 1.29 is 9.32 Å². The number of hydrogen-bond donors (Lipinski definition) is 0. The highest BCUT2D eigenvalue weighted by molar-refractivity contribution is 5.79. The summed E-state index contributed by atoms with van der Waals surface area (Å²) in [6.45, 7) is 3.79. The molecule has 0 radical (unpaired) electrons. The van der Waals surface area contributed by atoms with Crippen molar-refractivity contribution in [2.24, 2.45) is 11.8 Å². The molecule has 24 heavy (non-hydrogen) atoms. The van der Waals surface area contributed by atoms with E-state index in [9.17, 15) is 4.79 Å². The Hall–Kier alpha value is -1.43. The molecule has 1 aromatic heterocycles. The van der Waals surface area contributed by atoms with E-state index in [1.165, 1.54) is 12.8 Å². The van der Waals surface area contributed by atoms with E-state index in [1.54, 1.807) is 0 Å². The summed E-state index contributed by atoms with van der Waals surface area (Å²) in [6.07, 6.45) is 7.61. The minimum absolute atomic E-state index is 0.187. The second kappa shape index (κ2) is 6.82. The van der Waals surface area contributed by atoms with E-state index in [0.29, 0.717) is 17.7 Å². The maximum absolute atomic E-state index is 12.8. The van der Waals surface area contributed by atoms with Gasteiger partial charge in [-0.05, 0) is 58.0 Å². The highest BCUT2D eigenvalue weighted by atomic mass is 16.5. The fourth-order valence-corrected chi connectivity index (χ4v) is 4.16. The molecule has 1 amide bonds. The van der Waals surface area contributed by atoms with E-state index in [1.807, 2.05) is 0 Å². The Balaban J connectivity index is 1.33. The standard InChI is InChI=1S/C18H28N4O2/c1-21-8-3-5-15(12-21)18(23)22-9-2-4-13(11-22)10-16-19-17(20-24-16)14-6-7-14/h13-15H,2-12H2,1H3. The summed E-state index contributed by atoms with van der Waals surface area (Å²) in [5.41, 5.74) is 0. The van der Waals surface area contributed by atoms with Crippen LogP contribution in [0.25, 0.3) is 0 Å². The Morgan fingerprint density at radius 3 is 2.79 bits per heavy atom. The van der Waals surface area contributed by atoms with Gasteiger partial charge < -0.3 is 14.3 Å². The Labute approximate surface area is 143 Å². The van der Waals surface area contributed by atoms with Crippen LogP contribution < -0.4 is 0 Å². The molecular weight excluding hydrogens is 304 g/mol. The first kappa shape index (κ1) is 16.1. The van der Waals surface area contributed by atoms with Crippen LogP contribution in [0.5, 0.6) is 0 Å². The van der Waals surface area contributed by atoms with Gasteiger partial charge in [0.2, 0.25) is 11.8 Å². The number of hydrogen-bond acceptors (Lipinski definition) is 5. The molecule has 1 aromatic rings. The van der Waals surface area contributed by atoms with E-state index < -0.39 is 0 Å². The van der Waals surface area contributed by atoms with Crippen molar-refractivity contribution >= 4 is 5.91 Å². The number of aromatic nitrogens is 2. The largest absolute Gasteiger partial charge is 0.342 e. The number of rotatable bonds is 4. The Kier molecular flexibility index (Phi) is 4.57. The molecule has 0 N–H and O–H groups in total. The summed E-state index contributed by atoms with van der Waals surface area (Å²) in [7, 11) is 2.12. The molecule has 2 unspecified atom stereocenters. The molecule has 3 heterocycles. The predicted molar refractivity (Wildman–Crippen MR) is 89.5 cm³/mol. The van der Waals surface area contributed by atoms with Crippen LogP contribution >= 0.6 is 0 Å². The van der Waals surface area contributed by atoms with Gasteiger partial charge in [-0.15, -0.1) is 0 Å². The van der Waals surface area contributed by atoms with E-state index in [-0.39, 0.29) is 5.92 Å². The molecule has 6 heteroatoms. The van der Waals surface area contributed by atoms with Crippen LogP contribution in [0.4, 0.5) is 0 Å². The van der Waals surface area contributed by atoms with Crippen LogP contribution in [0.1, 0.15) is 56.2 Å². The molecule has 0 aromatic carbocycles. The van der Waals surface area contributed by atoms with Crippen molar-refractivity contribution in [1.82, 2.24) is 19.9 Å². The van der Waals surface area contributed by atoms with Crippen LogP contribution in [0.15, 0.2) is 4.52 Å². The monoisotopic (exact) mass is 332 g/mol. The summed E-state index contributed by atoms with van der Waals surface area (Å²) in [6, 6.07) is 0. The van der Waals surface area contributed by atoms with Gasteiger partial charge in [0, 0.05) is 32.0 Å². The average molecular weight is 332 g/mol. The molecule has 2 saturated heterocycles. The first-order valence-corrected chi connectivity index (χ1v) is 9.49. The first-order chi connectivity index (χ1) is 11.7. The fourth-order valence-electron chi connectivity index (χ4n) is 4.16. The lowest BCUT2D eigenvalue weighted by Gasteiger charge is -2.37. The van der Waals surface area contributed by atoms with Crippen LogP contribution in [-0.2, 0) is 11.2 Å². The molecule has 3 aliphatic rings. The second-order valence-electron chi connectivity index (χ2n) is 7.92. The lowest BCUT2D eigenvalue weighted by atomic mass is 9.91. The zero-order valence-corrected chi connectivity index (χ0v) is 14.6. The van der Waals surface area contributed by atoms with E-state index in [0.717, 1.165) is 70.0 Å². The van der Waals surface area contributed by atoms with Gasteiger partial charge in [-0.25, -0.2) is 0 Å². The second-order valence-corrected chi connectivity index (χ2v) is 7.92. The first-order valence-electron chi connectivity index (χ1n) is 9.49. The smallest absolute Gasteiger partial charge is 0.226 e. The molecular formula is C18H28N4O2. The topological polar surface area (TPSA) is 62.5 Å². The van der Waals surface area contributed by atoms with Gasteiger partial charge in [0.1, 0.15) is 0 Å². The summed E-state index contributed by atoms with van der Waals surface area (Å²) >= 11 is 0. The Morgan fingerprint density at radius 1 is 1.17 bits per heavy atom. The Morgan fingerprint density at radius 2 is 2.00 bits per heavy atom. The molecule has 1 aliphatic carbocycles. The summed E-state index contributed by atoms with van der Waals surface area (Å²) in [4.78, 5) is 21.8. The van der Waals surface area contributed by atoms with Gasteiger partial charge in [-0.1, -0.05) is 5.16 Å². The summed E-state index contributed by atoms with van der Waals surface area (Å²) < 4.78 is 5.42. The lowest BCUT2D eigenvalue weighted by Crippen LogP contribution is -2.47. The van der Waals surface area contributed by atoms with Gasteiger partial charge in [-0.2, -0.15) is 4.98 Å². The number of likely N-dealkylation sites (tertiary alicyclic amines) is 2. The summed E-state index contributed by atoms with van der Waals surface area (Å²) in [5.74, 6) is 3.18.